The van der Waals surface area contributed by atoms with Crippen LogP contribution in [0.25, 0.3) is 10.9 Å². The van der Waals surface area contributed by atoms with Crippen LogP contribution in [0.3, 0.4) is 0 Å². The summed E-state index contributed by atoms with van der Waals surface area (Å²) >= 11 is 5.80. The van der Waals surface area contributed by atoms with Gasteiger partial charge in [0.15, 0.2) is 28.1 Å². The second-order valence-corrected chi connectivity index (χ2v) is 9.01. The summed E-state index contributed by atoms with van der Waals surface area (Å²) in [6.07, 6.45) is 0. The molecule has 0 saturated carbocycles. The molecule has 2 aliphatic rings. The summed E-state index contributed by atoms with van der Waals surface area (Å²) in [5.74, 6) is 3.41. The molecule has 9 nitrogen and oxygen atoms in total. The van der Waals surface area contributed by atoms with Gasteiger partial charge in [-0.1, -0.05) is 6.07 Å². The summed E-state index contributed by atoms with van der Waals surface area (Å²) in [5, 5.41) is 4.58. The largest absolute Gasteiger partial charge is 0.497 e. The molecule has 0 amide bonds. The predicted octanol–water partition coefficient (Wildman–Crippen LogP) is 4.39. The summed E-state index contributed by atoms with van der Waals surface area (Å²) in [7, 11) is 1.62. The van der Waals surface area contributed by atoms with Gasteiger partial charge in [0.1, 0.15) is 5.75 Å². The van der Waals surface area contributed by atoms with Crippen LogP contribution in [0.15, 0.2) is 65.5 Å². The van der Waals surface area contributed by atoms with Gasteiger partial charge in [0.05, 0.1) is 19.2 Å². The average molecular weight is 518 g/mol. The summed E-state index contributed by atoms with van der Waals surface area (Å²) in [4.78, 5) is 17.9. The Morgan fingerprint density at radius 2 is 1.62 bits per heavy atom. The Labute approximate surface area is 217 Å². The van der Waals surface area contributed by atoms with Crippen molar-refractivity contribution in [3.63, 3.8) is 0 Å². The molecular formula is C27H23N3O6S. The number of fused-ring (bicyclic) bond motifs is 3. The molecule has 4 aromatic rings. The van der Waals surface area contributed by atoms with E-state index in [0.29, 0.717) is 45.7 Å². The number of thiocarbonyl (C=S) groups is 1. The van der Waals surface area contributed by atoms with Crippen molar-refractivity contribution >= 4 is 33.9 Å². The Kier molecular flexibility index (Phi) is 5.93. The number of aromatic nitrogens is 1. The van der Waals surface area contributed by atoms with Gasteiger partial charge in [-0.05, 0) is 66.3 Å². The number of hydrogen-bond donors (Lipinski definition) is 2. The molecule has 2 aliphatic heterocycles. The van der Waals surface area contributed by atoms with E-state index in [2.05, 4.69) is 10.3 Å². The van der Waals surface area contributed by atoms with Crippen LogP contribution in [0.5, 0.6) is 28.7 Å². The van der Waals surface area contributed by atoms with Crippen molar-refractivity contribution in [3.8, 4) is 28.7 Å². The quantitative estimate of drug-likeness (QED) is 0.361. The van der Waals surface area contributed by atoms with Crippen molar-refractivity contribution < 1.29 is 23.7 Å². The van der Waals surface area contributed by atoms with E-state index in [1.807, 2.05) is 59.5 Å². The minimum Gasteiger partial charge on any atom is -0.497 e. The van der Waals surface area contributed by atoms with E-state index < -0.39 is 0 Å². The molecule has 188 valence electrons. The monoisotopic (exact) mass is 517 g/mol. The van der Waals surface area contributed by atoms with Crippen LogP contribution >= 0.6 is 12.2 Å². The van der Waals surface area contributed by atoms with E-state index in [-0.39, 0.29) is 25.7 Å². The number of anilines is 1. The first kappa shape index (κ1) is 23.0. The molecule has 0 aliphatic carbocycles. The Bertz CT molecular complexity index is 1550. The first-order valence-electron chi connectivity index (χ1n) is 11.6. The molecule has 3 aromatic carbocycles. The van der Waals surface area contributed by atoms with Crippen LogP contribution in [0.1, 0.15) is 11.1 Å². The number of rotatable bonds is 6. The lowest BCUT2D eigenvalue weighted by Crippen LogP contribution is -2.35. The molecular weight excluding hydrogens is 494 g/mol. The molecule has 1 aromatic heterocycles. The molecule has 0 saturated heterocycles. The van der Waals surface area contributed by atoms with Crippen molar-refractivity contribution in [3.05, 3.63) is 82.1 Å². The molecule has 3 heterocycles. The van der Waals surface area contributed by atoms with Crippen molar-refractivity contribution in [1.82, 2.24) is 9.88 Å². The molecule has 0 fully saturated rings. The minimum absolute atomic E-state index is 0.164. The smallest absolute Gasteiger partial charge is 0.253 e. The predicted molar refractivity (Wildman–Crippen MR) is 142 cm³/mol. The van der Waals surface area contributed by atoms with Crippen LogP contribution < -0.4 is 34.6 Å². The highest BCUT2D eigenvalue weighted by Crippen LogP contribution is 2.35. The molecule has 0 radical (unpaired) electrons. The van der Waals surface area contributed by atoms with Crippen LogP contribution in [-0.2, 0) is 13.1 Å². The van der Waals surface area contributed by atoms with E-state index in [0.717, 1.165) is 22.4 Å². The van der Waals surface area contributed by atoms with Crippen molar-refractivity contribution in [2.45, 2.75) is 13.1 Å². The fourth-order valence-electron chi connectivity index (χ4n) is 4.30. The topological polar surface area (TPSA) is 94.3 Å². The van der Waals surface area contributed by atoms with E-state index >= 15 is 0 Å². The summed E-state index contributed by atoms with van der Waals surface area (Å²) in [6, 6.07) is 18.7. The Morgan fingerprint density at radius 1 is 0.919 bits per heavy atom. The lowest BCUT2D eigenvalue weighted by atomic mass is 10.1. The zero-order chi connectivity index (χ0) is 25.4. The maximum Gasteiger partial charge on any atom is 0.253 e. The van der Waals surface area contributed by atoms with Gasteiger partial charge in [-0.15, -0.1) is 0 Å². The molecule has 6 rings (SSSR count). The molecule has 0 bridgehead atoms. The van der Waals surface area contributed by atoms with Crippen molar-refractivity contribution in [1.29, 1.82) is 0 Å². The third-order valence-corrected chi connectivity index (χ3v) is 6.57. The van der Waals surface area contributed by atoms with E-state index in [4.69, 9.17) is 35.9 Å². The molecule has 10 heteroatoms. The molecule has 2 N–H and O–H groups in total. The third-order valence-electron chi connectivity index (χ3n) is 6.21. The number of benzene rings is 3. The maximum absolute atomic E-state index is 13.1. The van der Waals surface area contributed by atoms with Crippen LogP contribution in [-0.4, -0.2) is 35.7 Å². The summed E-state index contributed by atoms with van der Waals surface area (Å²) in [5.41, 5.74) is 2.81. The van der Waals surface area contributed by atoms with Gasteiger partial charge < -0.3 is 38.9 Å². The molecule has 0 unspecified atom stereocenters. The van der Waals surface area contributed by atoms with Gasteiger partial charge in [0.2, 0.25) is 13.6 Å². The summed E-state index contributed by atoms with van der Waals surface area (Å²) < 4.78 is 27.2. The average Bonchev–Trinajstić information content (AvgIpc) is 3.56. The van der Waals surface area contributed by atoms with Gasteiger partial charge in [-0.3, -0.25) is 4.79 Å². The second kappa shape index (κ2) is 9.55. The van der Waals surface area contributed by atoms with Gasteiger partial charge in [0.25, 0.3) is 5.56 Å². The van der Waals surface area contributed by atoms with Gasteiger partial charge >= 0.3 is 0 Å². The second-order valence-electron chi connectivity index (χ2n) is 8.62. The lowest BCUT2D eigenvalue weighted by Gasteiger charge is -2.26. The first-order chi connectivity index (χ1) is 18.1. The number of aromatic amines is 1. The number of pyridine rings is 1. The normalized spacial score (nSPS) is 13.0. The number of methoxy groups -OCH3 is 1. The zero-order valence-electron chi connectivity index (χ0n) is 19.9. The first-order valence-corrected chi connectivity index (χ1v) is 12.0. The Hall–Kier alpha value is -4.44. The Morgan fingerprint density at radius 3 is 2.38 bits per heavy atom. The minimum atomic E-state index is -0.200. The SMILES string of the molecule is COc1ccc(NC(=S)N(Cc2ccc3c(c2)OCO3)Cc2cc3cc4c(cc3[nH]c2=O)OCO4)cc1. The number of nitrogens with zero attached hydrogens (tertiary/aromatic N) is 1. The van der Waals surface area contributed by atoms with Crippen LogP contribution in [0.4, 0.5) is 5.69 Å². The van der Waals surface area contributed by atoms with Crippen molar-refractivity contribution in [2.75, 3.05) is 26.0 Å². The number of nitrogens with one attached hydrogen (secondary N) is 2. The van der Waals surface area contributed by atoms with Gasteiger partial charge in [0, 0.05) is 29.2 Å². The number of H-pyrrole nitrogens is 1. The van der Waals surface area contributed by atoms with E-state index in [1.54, 1.807) is 13.2 Å². The molecule has 37 heavy (non-hydrogen) atoms. The number of hydrogen-bond acceptors (Lipinski definition) is 7. The highest BCUT2D eigenvalue weighted by molar-refractivity contribution is 7.80. The molecule has 0 spiro atoms. The fourth-order valence-corrected chi connectivity index (χ4v) is 4.55. The highest BCUT2D eigenvalue weighted by Gasteiger charge is 2.19. The van der Waals surface area contributed by atoms with Gasteiger partial charge in [-0.2, -0.15) is 0 Å². The third kappa shape index (κ3) is 4.70. The lowest BCUT2D eigenvalue weighted by molar-refractivity contribution is 0.173. The van der Waals surface area contributed by atoms with Crippen LogP contribution in [0, 0.1) is 0 Å². The number of ether oxygens (including phenoxy) is 5. The standard InChI is InChI=1S/C27H23N3O6S/c1-32-20-5-3-19(4-6-20)28-27(37)30(12-16-2-7-22-23(8-16)34-14-33-22)13-18-9-17-10-24-25(36-15-35-24)11-21(17)29-26(18)31/h2-11H,12-15H2,1H3,(H,28,37)(H,29,31). The van der Waals surface area contributed by atoms with Crippen LogP contribution in [0.2, 0.25) is 0 Å². The van der Waals surface area contributed by atoms with E-state index in [9.17, 15) is 4.79 Å². The van der Waals surface area contributed by atoms with Crippen molar-refractivity contribution in [2.24, 2.45) is 0 Å². The van der Waals surface area contributed by atoms with E-state index in [1.165, 1.54) is 0 Å². The highest BCUT2D eigenvalue weighted by atomic mass is 32.1. The summed E-state index contributed by atoms with van der Waals surface area (Å²) in [6.45, 7) is 1.08. The maximum atomic E-state index is 13.1. The Balaban J connectivity index is 1.31. The molecule has 0 atom stereocenters. The fraction of sp³-hybridized carbons (Fsp3) is 0.185. The zero-order valence-corrected chi connectivity index (χ0v) is 20.7. The van der Waals surface area contributed by atoms with Gasteiger partial charge in [-0.25, -0.2) is 0 Å².